The molecule has 0 spiro atoms. The van der Waals surface area contributed by atoms with Crippen LogP contribution >= 0.6 is 27.3 Å². The van der Waals surface area contributed by atoms with Gasteiger partial charge in [-0.05, 0) is 22.4 Å². The van der Waals surface area contributed by atoms with E-state index in [4.69, 9.17) is 5.73 Å². The smallest absolute Gasteiger partial charge is 0.169 e. The Balaban J connectivity index is 2.84. The van der Waals surface area contributed by atoms with Crippen LogP contribution in [0.5, 0.6) is 0 Å². The second-order valence-electron chi connectivity index (χ2n) is 2.84. The van der Waals surface area contributed by atoms with Gasteiger partial charge in [-0.3, -0.25) is 4.79 Å². The van der Waals surface area contributed by atoms with Crippen LogP contribution in [0.3, 0.4) is 0 Å². The summed E-state index contributed by atoms with van der Waals surface area (Å²) in [6.45, 7) is 2.41. The van der Waals surface area contributed by atoms with Crippen LogP contribution in [-0.2, 0) is 0 Å². The molecule has 13 heavy (non-hydrogen) atoms. The van der Waals surface area contributed by atoms with E-state index in [0.29, 0.717) is 6.54 Å². The Morgan fingerprint density at radius 2 is 2.38 bits per heavy atom. The van der Waals surface area contributed by atoms with E-state index < -0.39 is 0 Å². The van der Waals surface area contributed by atoms with Crippen LogP contribution in [-0.4, -0.2) is 12.3 Å². The Morgan fingerprint density at radius 3 is 2.77 bits per heavy atom. The number of thiophene rings is 1. The molecule has 0 amide bonds. The fourth-order valence-electron chi connectivity index (χ4n) is 1.14. The van der Waals surface area contributed by atoms with Gasteiger partial charge in [0.05, 0.1) is 0 Å². The van der Waals surface area contributed by atoms with Crippen LogP contribution in [0.15, 0.2) is 15.2 Å². The summed E-state index contributed by atoms with van der Waals surface area (Å²) in [5.41, 5.74) is 6.27. The standard InChI is InChI=1S/C9H12BrNOS/c1-2-6(3-11)9(12)7-4-13-5-8(7)10/h4-6H,2-3,11H2,1H3. The molecule has 2 nitrogen and oxygen atoms in total. The highest BCUT2D eigenvalue weighted by molar-refractivity contribution is 9.10. The molecule has 72 valence electrons. The van der Waals surface area contributed by atoms with E-state index >= 15 is 0 Å². The molecule has 1 aromatic heterocycles. The predicted molar refractivity (Wildman–Crippen MR) is 59.2 cm³/mol. The molecule has 0 saturated heterocycles. The zero-order valence-corrected chi connectivity index (χ0v) is 9.82. The number of rotatable bonds is 4. The Bertz CT molecular complexity index is 294. The lowest BCUT2D eigenvalue weighted by atomic mass is 9.97. The average molecular weight is 262 g/mol. The molecule has 0 aliphatic rings. The first-order chi connectivity index (χ1) is 6.20. The molecule has 0 fully saturated rings. The Kier molecular flexibility index (Phi) is 4.09. The van der Waals surface area contributed by atoms with Crippen molar-refractivity contribution >= 4 is 33.0 Å². The van der Waals surface area contributed by atoms with Crippen molar-refractivity contribution in [2.75, 3.05) is 6.54 Å². The van der Waals surface area contributed by atoms with E-state index in [1.54, 1.807) is 0 Å². The van der Waals surface area contributed by atoms with E-state index in [2.05, 4.69) is 15.9 Å². The zero-order chi connectivity index (χ0) is 9.84. The molecule has 0 aliphatic heterocycles. The Labute approximate surface area is 90.3 Å². The maximum atomic E-state index is 11.8. The van der Waals surface area contributed by atoms with Crippen molar-refractivity contribution in [1.29, 1.82) is 0 Å². The molecule has 1 aromatic rings. The fraction of sp³-hybridized carbons (Fsp3) is 0.444. The predicted octanol–water partition coefficient (Wildman–Crippen LogP) is 2.68. The minimum atomic E-state index is -0.0362. The van der Waals surface area contributed by atoms with Crippen molar-refractivity contribution in [3.05, 3.63) is 20.8 Å². The number of hydrogen-bond donors (Lipinski definition) is 1. The van der Waals surface area contributed by atoms with E-state index in [1.807, 2.05) is 17.7 Å². The van der Waals surface area contributed by atoms with Crippen LogP contribution in [0.4, 0.5) is 0 Å². The highest BCUT2D eigenvalue weighted by Crippen LogP contribution is 2.24. The third-order valence-electron chi connectivity index (χ3n) is 2.03. The lowest BCUT2D eigenvalue weighted by Crippen LogP contribution is -2.22. The van der Waals surface area contributed by atoms with Crippen molar-refractivity contribution < 1.29 is 4.79 Å². The monoisotopic (exact) mass is 261 g/mol. The second-order valence-corrected chi connectivity index (χ2v) is 4.44. The van der Waals surface area contributed by atoms with Gasteiger partial charge in [0.1, 0.15) is 0 Å². The van der Waals surface area contributed by atoms with Crippen LogP contribution in [0.25, 0.3) is 0 Å². The Morgan fingerprint density at radius 1 is 1.69 bits per heavy atom. The van der Waals surface area contributed by atoms with Crippen LogP contribution in [0, 0.1) is 5.92 Å². The minimum Gasteiger partial charge on any atom is -0.330 e. The summed E-state index contributed by atoms with van der Waals surface area (Å²) in [5, 5.41) is 3.78. The molecule has 0 aromatic carbocycles. The van der Waals surface area contributed by atoms with Gasteiger partial charge in [0.25, 0.3) is 0 Å². The van der Waals surface area contributed by atoms with E-state index in [1.165, 1.54) is 11.3 Å². The van der Waals surface area contributed by atoms with Gasteiger partial charge >= 0.3 is 0 Å². The van der Waals surface area contributed by atoms with Crippen molar-refractivity contribution in [3.63, 3.8) is 0 Å². The summed E-state index contributed by atoms with van der Waals surface area (Å²) in [6, 6.07) is 0. The minimum absolute atomic E-state index is 0.0362. The molecule has 1 atom stereocenters. The average Bonchev–Trinajstić information content (AvgIpc) is 2.53. The molecule has 2 N–H and O–H groups in total. The van der Waals surface area contributed by atoms with Crippen molar-refractivity contribution in [2.45, 2.75) is 13.3 Å². The molecule has 0 aliphatic carbocycles. The van der Waals surface area contributed by atoms with E-state index in [0.717, 1.165) is 16.5 Å². The van der Waals surface area contributed by atoms with Gasteiger partial charge in [0, 0.05) is 33.3 Å². The Hall–Kier alpha value is -0.190. The van der Waals surface area contributed by atoms with Crippen molar-refractivity contribution in [3.8, 4) is 0 Å². The summed E-state index contributed by atoms with van der Waals surface area (Å²) in [6.07, 6.45) is 0.803. The largest absolute Gasteiger partial charge is 0.330 e. The number of nitrogens with two attached hydrogens (primary N) is 1. The SMILES string of the molecule is CCC(CN)C(=O)c1cscc1Br. The highest BCUT2D eigenvalue weighted by Gasteiger charge is 2.19. The third kappa shape index (κ3) is 2.39. The molecular weight excluding hydrogens is 250 g/mol. The molecule has 0 bridgehead atoms. The first kappa shape index (κ1) is 10.9. The molecule has 1 rings (SSSR count). The van der Waals surface area contributed by atoms with E-state index in [9.17, 15) is 4.79 Å². The first-order valence-corrected chi connectivity index (χ1v) is 5.90. The number of halogens is 1. The first-order valence-electron chi connectivity index (χ1n) is 4.16. The van der Waals surface area contributed by atoms with Gasteiger partial charge in [-0.1, -0.05) is 6.92 Å². The summed E-state index contributed by atoms with van der Waals surface area (Å²) in [5.74, 6) is 0.115. The third-order valence-corrected chi connectivity index (χ3v) is 3.73. The summed E-state index contributed by atoms with van der Waals surface area (Å²) in [7, 11) is 0. The summed E-state index contributed by atoms with van der Waals surface area (Å²) < 4.78 is 0.884. The maximum Gasteiger partial charge on any atom is 0.169 e. The lowest BCUT2D eigenvalue weighted by molar-refractivity contribution is 0.0921. The summed E-state index contributed by atoms with van der Waals surface area (Å²) in [4.78, 5) is 11.8. The molecular formula is C9H12BrNOS. The van der Waals surface area contributed by atoms with Gasteiger partial charge in [-0.15, -0.1) is 0 Å². The second kappa shape index (κ2) is 4.88. The highest BCUT2D eigenvalue weighted by atomic mass is 79.9. The summed E-state index contributed by atoms with van der Waals surface area (Å²) >= 11 is 4.87. The number of ketones is 1. The van der Waals surface area contributed by atoms with Gasteiger partial charge in [0.2, 0.25) is 0 Å². The van der Waals surface area contributed by atoms with Crippen molar-refractivity contribution in [2.24, 2.45) is 11.7 Å². The molecule has 1 heterocycles. The van der Waals surface area contributed by atoms with Crippen LogP contribution in [0.2, 0.25) is 0 Å². The van der Waals surface area contributed by atoms with Crippen LogP contribution < -0.4 is 5.73 Å². The van der Waals surface area contributed by atoms with Crippen molar-refractivity contribution in [1.82, 2.24) is 0 Å². The van der Waals surface area contributed by atoms with Gasteiger partial charge in [0.15, 0.2) is 5.78 Å². The molecule has 0 saturated carbocycles. The molecule has 1 unspecified atom stereocenters. The van der Waals surface area contributed by atoms with E-state index in [-0.39, 0.29) is 11.7 Å². The maximum absolute atomic E-state index is 11.8. The number of carbonyl (C=O) groups excluding carboxylic acids is 1. The fourth-order valence-corrected chi connectivity index (χ4v) is 2.62. The van der Waals surface area contributed by atoms with Crippen LogP contribution in [0.1, 0.15) is 23.7 Å². The number of hydrogen-bond acceptors (Lipinski definition) is 3. The molecule has 0 radical (unpaired) electrons. The quantitative estimate of drug-likeness (QED) is 0.848. The van der Waals surface area contributed by atoms with Gasteiger partial charge in [-0.25, -0.2) is 0 Å². The van der Waals surface area contributed by atoms with Gasteiger partial charge < -0.3 is 5.73 Å². The number of carbonyl (C=O) groups is 1. The topological polar surface area (TPSA) is 43.1 Å². The lowest BCUT2D eigenvalue weighted by Gasteiger charge is -2.09. The molecule has 4 heteroatoms. The number of Topliss-reactive ketones (excluding diaryl/α,β-unsaturated/α-hetero) is 1. The normalized spacial score (nSPS) is 12.8. The zero-order valence-electron chi connectivity index (χ0n) is 7.42. The van der Waals surface area contributed by atoms with Gasteiger partial charge in [-0.2, -0.15) is 11.3 Å².